The van der Waals surface area contributed by atoms with Crippen LogP contribution < -0.4 is 9.47 Å². The highest BCUT2D eigenvalue weighted by molar-refractivity contribution is 6.47. The van der Waals surface area contributed by atoms with Crippen molar-refractivity contribution in [2.45, 2.75) is 39.2 Å². The molecule has 1 atom stereocenters. The number of likely N-dealkylation sites (tertiary alicyclic amines) is 1. The predicted molar refractivity (Wildman–Crippen MR) is 124 cm³/mol. The van der Waals surface area contributed by atoms with Gasteiger partial charge < -0.3 is 19.5 Å². The monoisotopic (exact) mass is 457 g/mol. The summed E-state index contributed by atoms with van der Waals surface area (Å²) in [5.74, 6) is -0.492. The predicted octanol–water partition coefficient (Wildman–Crippen LogP) is 5.36. The molecule has 1 heterocycles. The lowest BCUT2D eigenvalue weighted by atomic mass is 9.95. The van der Waals surface area contributed by atoms with Gasteiger partial charge in [0.15, 0.2) is 0 Å². The lowest BCUT2D eigenvalue weighted by molar-refractivity contribution is -0.139. The number of hydrogen-bond acceptors (Lipinski definition) is 5. The maximum Gasteiger partial charge on any atom is 0.295 e. The van der Waals surface area contributed by atoms with E-state index in [1.165, 1.54) is 12.0 Å². The number of ketones is 1. The Balaban J connectivity index is 2.12. The summed E-state index contributed by atoms with van der Waals surface area (Å²) in [5.41, 5.74) is 0.973. The van der Waals surface area contributed by atoms with Crippen LogP contribution in [-0.2, 0) is 9.59 Å². The number of Topliss-reactive ketones (excluding diaryl/α,β-unsaturated/α-hetero) is 1. The van der Waals surface area contributed by atoms with Gasteiger partial charge in [0.2, 0.25) is 0 Å². The van der Waals surface area contributed by atoms with Gasteiger partial charge in [0.1, 0.15) is 17.3 Å². The summed E-state index contributed by atoms with van der Waals surface area (Å²) in [5, 5.41) is 11.4. The third-order valence-electron chi connectivity index (χ3n) is 5.39. The molecule has 1 N–H and O–H groups in total. The molecule has 0 spiro atoms. The topological polar surface area (TPSA) is 76.1 Å². The first kappa shape index (κ1) is 23.7. The molecule has 170 valence electrons. The Morgan fingerprint density at radius 3 is 2.38 bits per heavy atom. The fraction of sp³-hybridized carbons (Fsp3) is 0.360. The number of carbonyl (C=O) groups excluding carboxylic acids is 2. The highest BCUT2D eigenvalue weighted by atomic mass is 35.5. The second kappa shape index (κ2) is 10.6. The number of hydrogen-bond donors (Lipinski definition) is 1. The number of unbranched alkanes of at least 4 members (excludes halogenated alkanes) is 1. The van der Waals surface area contributed by atoms with Gasteiger partial charge in [-0.2, -0.15) is 0 Å². The SMILES string of the molecule is CCCCN1C(=O)C(=O)/C(=C(/O)c2cc(OC)ccc2Cl)C1c1ccc(OCCC)cc1. The standard InChI is InChI=1S/C25H28ClNO5/c1-4-6-13-27-22(16-7-9-17(10-8-16)32-14-5-2)21(24(29)25(27)30)23(28)19-15-18(31-3)11-12-20(19)26/h7-12,15,22,28H,4-6,13-14H2,1-3H3/b23-21+. The van der Waals surface area contributed by atoms with Crippen LogP contribution in [0, 0.1) is 0 Å². The van der Waals surface area contributed by atoms with E-state index in [4.69, 9.17) is 21.1 Å². The summed E-state index contributed by atoms with van der Waals surface area (Å²) in [6.45, 7) is 5.05. The third kappa shape index (κ3) is 4.75. The fourth-order valence-corrected chi connectivity index (χ4v) is 3.92. The van der Waals surface area contributed by atoms with Crippen LogP contribution in [0.2, 0.25) is 5.02 Å². The van der Waals surface area contributed by atoms with Crippen molar-refractivity contribution in [2.75, 3.05) is 20.3 Å². The number of aliphatic hydroxyl groups is 1. The first-order chi connectivity index (χ1) is 15.4. The van der Waals surface area contributed by atoms with Gasteiger partial charge in [-0.1, -0.05) is 44.0 Å². The Labute approximate surface area is 193 Å². The van der Waals surface area contributed by atoms with Gasteiger partial charge in [0.25, 0.3) is 11.7 Å². The molecule has 0 bridgehead atoms. The molecule has 32 heavy (non-hydrogen) atoms. The van der Waals surface area contributed by atoms with Crippen LogP contribution in [0.25, 0.3) is 5.76 Å². The smallest absolute Gasteiger partial charge is 0.295 e. The number of ether oxygens (including phenoxy) is 2. The van der Waals surface area contributed by atoms with Crippen LogP contribution in [0.15, 0.2) is 48.0 Å². The highest BCUT2D eigenvalue weighted by Gasteiger charge is 2.45. The van der Waals surface area contributed by atoms with Gasteiger partial charge in [0.05, 0.1) is 30.4 Å². The Hall–Kier alpha value is -2.99. The first-order valence-electron chi connectivity index (χ1n) is 10.8. The molecular formula is C25H28ClNO5. The zero-order valence-electron chi connectivity index (χ0n) is 18.6. The summed E-state index contributed by atoms with van der Waals surface area (Å²) in [6.07, 6.45) is 2.49. The zero-order valence-corrected chi connectivity index (χ0v) is 19.3. The number of halogens is 1. The fourth-order valence-electron chi connectivity index (χ4n) is 3.71. The van der Waals surface area contributed by atoms with Crippen molar-refractivity contribution in [1.82, 2.24) is 4.90 Å². The summed E-state index contributed by atoms with van der Waals surface area (Å²) >= 11 is 6.32. The molecule has 1 fully saturated rings. The molecule has 2 aromatic carbocycles. The van der Waals surface area contributed by atoms with E-state index in [1.807, 2.05) is 38.1 Å². The lowest BCUT2D eigenvalue weighted by Gasteiger charge is -2.25. The molecular weight excluding hydrogens is 430 g/mol. The first-order valence-corrected chi connectivity index (χ1v) is 11.2. The molecule has 6 nitrogen and oxygen atoms in total. The Morgan fingerprint density at radius 2 is 1.75 bits per heavy atom. The van der Waals surface area contributed by atoms with Gasteiger partial charge in [0, 0.05) is 12.1 Å². The van der Waals surface area contributed by atoms with E-state index in [1.54, 1.807) is 18.2 Å². The van der Waals surface area contributed by atoms with Gasteiger partial charge in [-0.05, 0) is 48.7 Å². The molecule has 0 saturated carbocycles. The van der Waals surface area contributed by atoms with Crippen molar-refractivity contribution in [2.24, 2.45) is 0 Å². The summed E-state index contributed by atoms with van der Waals surface area (Å²) in [4.78, 5) is 27.5. The highest BCUT2D eigenvalue weighted by Crippen LogP contribution is 2.41. The normalized spacial score (nSPS) is 17.6. The summed E-state index contributed by atoms with van der Waals surface area (Å²) < 4.78 is 10.9. The van der Waals surface area contributed by atoms with Gasteiger partial charge >= 0.3 is 0 Å². The quantitative estimate of drug-likeness (QED) is 0.311. The number of rotatable bonds is 9. The molecule has 2 aromatic rings. The number of amides is 1. The summed E-state index contributed by atoms with van der Waals surface area (Å²) in [7, 11) is 1.50. The van der Waals surface area contributed by atoms with Crippen molar-refractivity contribution >= 4 is 29.1 Å². The molecule has 1 aliphatic rings. The maximum atomic E-state index is 13.0. The van der Waals surface area contributed by atoms with Crippen LogP contribution >= 0.6 is 11.6 Å². The second-order valence-corrected chi connectivity index (χ2v) is 8.02. The lowest BCUT2D eigenvalue weighted by Crippen LogP contribution is -2.30. The Morgan fingerprint density at radius 1 is 1.06 bits per heavy atom. The van der Waals surface area contributed by atoms with E-state index >= 15 is 0 Å². The van der Waals surface area contributed by atoms with E-state index < -0.39 is 17.7 Å². The average Bonchev–Trinajstić information content (AvgIpc) is 3.06. The van der Waals surface area contributed by atoms with Crippen LogP contribution in [0.1, 0.15) is 50.3 Å². The van der Waals surface area contributed by atoms with Crippen molar-refractivity contribution in [3.8, 4) is 11.5 Å². The Bertz CT molecular complexity index is 1020. The van der Waals surface area contributed by atoms with Crippen LogP contribution in [0.3, 0.4) is 0 Å². The molecule has 1 unspecified atom stereocenters. The second-order valence-electron chi connectivity index (χ2n) is 7.61. The minimum Gasteiger partial charge on any atom is -0.507 e. The molecule has 1 saturated heterocycles. The molecule has 1 amide bonds. The van der Waals surface area contributed by atoms with Gasteiger partial charge in [-0.3, -0.25) is 9.59 Å². The van der Waals surface area contributed by atoms with Crippen molar-refractivity contribution in [1.29, 1.82) is 0 Å². The van der Waals surface area contributed by atoms with Crippen LogP contribution in [0.5, 0.6) is 11.5 Å². The zero-order chi connectivity index (χ0) is 23.3. The number of methoxy groups -OCH3 is 1. The molecule has 3 rings (SSSR count). The van der Waals surface area contributed by atoms with Crippen molar-refractivity contribution in [3.63, 3.8) is 0 Å². The number of carbonyl (C=O) groups is 2. The molecule has 0 radical (unpaired) electrons. The van der Waals surface area contributed by atoms with E-state index in [0.29, 0.717) is 30.2 Å². The number of aliphatic hydroxyl groups excluding tert-OH is 1. The number of nitrogens with zero attached hydrogens (tertiary/aromatic N) is 1. The average molecular weight is 458 g/mol. The van der Waals surface area contributed by atoms with E-state index in [-0.39, 0.29) is 21.9 Å². The molecule has 7 heteroatoms. The van der Waals surface area contributed by atoms with Gasteiger partial charge in [-0.25, -0.2) is 0 Å². The van der Waals surface area contributed by atoms with E-state index in [0.717, 1.165) is 19.3 Å². The molecule has 0 aromatic heterocycles. The largest absolute Gasteiger partial charge is 0.507 e. The van der Waals surface area contributed by atoms with Crippen LogP contribution in [-0.4, -0.2) is 42.0 Å². The van der Waals surface area contributed by atoms with E-state index in [2.05, 4.69) is 0 Å². The third-order valence-corrected chi connectivity index (χ3v) is 5.72. The molecule has 0 aliphatic carbocycles. The van der Waals surface area contributed by atoms with E-state index in [9.17, 15) is 14.7 Å². The van der Waals surface area contributed by atoms with Crippen molar-refractivity contribution < 1.29 is 24.2 Å². The maximum absolute atomic E-state index is 13.0. The summed E-state index contributed by atoms with van der Waals surface area (Å²) in [6, 6.07) is 11.3. The Kier molecular flexibility index (Phi) is 7.80. The number of benzene rings is 2. The molecule has 1 aliphatic heterocycles. The van der Waals surface area contributed by atoms with Crippen molar-refractivity contribution in [3.05, 3.63) is 64.2 Å². The minimum atomic E-state index is -0.728. The van der Waals surface area contributed by atoms with Crippen LogP contribution in [0.4, 0.5) is 0 Å². The van der Waals surface area contributed by atoms with Gasteiger partial charge in [-0.15, -0.1) is 0 Å². The minimum absolute atomic E-state index is 0.0171.